The molecule has 0 spiro atoms. The molecule has 0 aliphatic rings. The maximum absolute atomic E-state index is 12.6. The van der Waals surface area contributed by atoms with Crippen molar-refractivity contribution in [1.29, 1.82) is 0 Å². The second-order valence-corrected chi connectivity index (χ2v) is 7.76. The van der Waals surface area contributed by atoms with E-state index in [1.54, 1.807) is 24.5 Å². The van der Waals surface area contributed by atoms with Crippen LogP contribution in [-0.2, 0) is 12.0 Å². The van der Waals surface area contributed by atoms with Gasteiger partial charge in [0.15, 0.2) is 0 Å². The fourth-order valence-electron chi connectivity index (χ4n) is 2.73. The lowest BCUT2D eigenvalue weighted by molar-refractivity contribution is 0.0946. The van der Waals surface area contributed by atoms with E-state index in [0.717, 1.165) is 5.56 Å². The molecule has 0 atom stereocenters. The molecule has 3 aromatic rings. The predicted molar refractivity (Wildman–Crippen MR) is 113 cm³/mol. The smallest absolute Gasteiger partial charge is 0.270 e. The van der Waals surface area contributed by atoms with E-state index in [1.165, 1.54) is 17.8 Å². The highest BCUT2D eigenvalue weighted by atomic mass is 16.2. The Morgan fingerprint density at radius 3 is 2.38 bits per heavy atom. The Kier molecular flexibility index (Phi) is 6.02. The standard InChI is InChI=1S/C23H24N4O2/c1-23(2,3)18-6-8-19(9-7-18)27-21(28)17-10-12-25-20(13-17)22(29)26-15-16-5-4-11-24-14-16/h4-14H,15H2,1-3H3,(H,26,29)(H,27,28). The zero-order chi connectivity index (χ0) is 20.9. The Balaban J connectivity index is 1.65. The molecule has 6 nitrogen and oxygen atoms in total. The second kappa shape index (κ2) is 8.65. The monoisotopic (exact) mass is 388 g/mol. The van der Waals surface area contributed by atoms with Crippen LogP contribution in [0.4, 0.5) is 5.69 Å². The van der Waals surface area contributed by atoms with Crippen LogP contribution in [0.2, 0.25) is 0 Å². The van der Waals surface area contributed by atoms with Gasteiger partial charge >= 0.3 is 0 Å². The van der Waals surface area contributed by atoms with Crippen LogP contribution in [0.3, 0.4) is 0 Å². The number of nitrogens with zero attached hydrogens (tertiary/aromatic N) is 2. The Morgan fingerprint density at radius 1 is 0.966 bits per heavy atom. The lowest BCUT2D eigenvalue weighted by Gasteiger charge is -2.19. The predicted octanol–water partition coefficient (Wildman–Crippen LogP) is 3.96. The Bertz CT molecular complexity index is 993. The first-order valence-corrected chi connectivity index (χ1v) is 9.38. The molecule has 0 unspecified atom stereocenters. The van der Waals surface area contributed by atoms with Crippen LogP contribution in [0.15, 0.2) is 67.1 Å². The molecular formula is C23H24N4O2. The van der Waals surface area contributed by atoms with Crippen LogP contribution >= 0.6 is 0 Å². The molecule has 6 heteroatoms. The molecule has 0 aliphatic carbocycles. The average molecular weight is 388 g/mol. The number of benzene rings is 1. The molecule has 2 aromatic heterocycles. The summed E-state index contributed by atoms with van der Waals surface area (Å²) in [6.45, 7) is 6.75. The highest BCUT2D eigenvalue weighted by Gasteiger charge is 2.15. The van der Waals surface area contributed by atoms with Crippen LogP contribution < -0.4 is 10.6 Å². The number of rotatable bonds is 5. The van der Waals surface area contributed by atoms with Crippen molar-refractivity contribution in [3.63, 3.8) is 0 Å². The van der Waals surface area contributed by atoms with E-state index >= 15 is 0 Å². The summed E-state index contributed by atoms with van der Waals surface area (Å²) in [4.78, 5) is 33.0. The summed E-state index contributed by atoms with van der Waals surface area (Å²) in [5, 5.41) is 5.63. The quantitative estimate of drug-likeness (QED) is 0.693. The summed E-state index contributed by atoms with van der Waals surface area (Å²) in [6.07, 6.45) is 4.81. The lowest BCUT2D eigenvalue weighted by atomic mass is 9.87. The zero-order valence-corrected chi connectivity index (χ0v) is 16.8. The molecule has 1 aromatic carbocycles. The van der Waals surface area contributed by atoms with E-state index in [9.17, 15) is 9.59 Å². The normalized spacial score (nSPS) is 11.0. The summed E-state index contributed by atoms with van der Waals surface area (Å²) in [5.74, 6) is -0.643. The third-order valence-electron chi connectivity index (χ3n) is 4.44. The number of nitrogens with one attached hydrogen (secondary N) is 2. The van der Waals surface area contributed by atoms with Gasteiger partial charge in [0.25, 0.3) is 11.8 Å². The fraction of sp³-hybridized carbons (Fsp3) is 0.217. The van der Waals surface area contributed by atoms with Crippen LogP contribution in [0.25, 0.3) is 0 Å². The van der Waals surface area contributed by atoms with Gasteiger partial charge in [-0.05, 0) is 46.9 Å². The molecule has 3 rings (SSSR count). The first-order chi connectivity index (χ1) is 13.8. The van der Waals surface area contributed by atoms with Crippen LogP contribution in [0.1, 0.15) is 52.7 Å². The van der Waals surface area contributed by atoms with E-state index in [0.29, 0.717) is 17.8 Å². The lowest BCUT2D eigenvalue weighted by Crippen LogP contribution is -2.24. The van der Waals surface area contributed by atoms with Gasteiger partial charge in [0, 0.05) is 36.4 Å². The fourth-order valence-corrected chi connectivity index (χ4v) is 2.73. The number of hydrogen-bond acceptors (Lipinski definition) is 4. The molecule has 2 N–H and O–H groups in total. The van der Waals surface area contributed by atoms with Crippen molar-refractivity contribution >= 4 is 17.5 Å². The molecule has 0 saturated carbocycles. The van der Waals surface area contributed by atoms with Gasteiger partial charge in [0.05, 0.1) is 0 Å². The van der Waals surface area contributed by atoms with Gasteiger partial charge in [0.1, 0.15) is 5.69 Å². The first-order valence-electron chi connectivity index (χ1n) is 9.38. The van der Waals surface area contributed by atoms with E-state index < -0.39 is 0 Å². The highest BCUT2D eigenvalue weighted by Crippen LogP contribution is 2.23. The van der Waals surface area contributed by atoms with Crippen molar-refractivity contribution in [3.8, 4) is 0 Å². The molecular weight excluding hydrogens is 364 g/mol. The zero-order valence-electron chi connectivity index (χ0n) is 16.8. The number of aromatic nitrogens is 2. The van der Waals surface area contributed by atoms with Crippen molar-refractivity contribution in [1.82, 2.24) is 15.3 Å². The van der Waals surface area contributed by atoms with Gasteiger partial charge in [0.2, 0.25) is 0 Å². The van der Waals surface area contributed by atoms with Gasteiger partial charge in [-0.15, -0.1) is 0 Å². The van der Waals surface area contributed by atoms with E-state index in [2.05, 4.69) is 41.4 Å². The SMILES string of the molecule is CC(C)(C)c1ccc(NC(=O)c2ccnc(C(=O)NCc3cccnc3)c2)cc1. The van der Waals surface area contributed by atoms with Gasteiger partial charge in [-0.2, -0.15) is 0 Å². The number of amides is 2. The van der Waals surface area contributed by atoms with Gasteiger partial charge in [-0.3, -0.25) is 19.6 Å². The minimum Gasteiger partial charge on any atom is -0.347 e. The topological polar surface area (TPSA) is 84.0 Å². The highest BCUT2D eigenvalue weighted by molar-refractivity contribution is 6.05. The van der Waals surface area contributed by atoms with Crippen molar-refractivity contribution in [3.05, 3.63) is 89.5 Å². The minimum absolute atomic E-state index is 0.0473. The molecule has 2 amide bonds. The Hall–Kier alpha value is -3.54. The first kappa shape index (κ1) is 20.2. The number of carbonyl (C=O) groups excluding carboxylic acids is 2. The molecule has 0 aliphatic heterocycles. The van der Waals surface area contributed by atoms with Crippen LogP contribution in [0, 0.1) is 0 Å². The largest absolute Gasteiger partial charge is 0.347 e. The van der Waals surface area contributed by atoms with E-state index in [4.69, 9.17) is 0 Å². The maximum Gasteiger partial charge on any atom is 0.270 e. The van der Waals surface area contributed by atoms with E-state index in [1.807, 2.05) is 30.3 Å². The third kappa shape index (κ3) is 5.48. The Labute approximate surface area is 170 Å². The summed E-state index contributed by atoms with van der Waals surface area (Å²) in [5.41, 5.74) is 3.37. The summed E-state index contributed by atoms with van der Waals surface area (Å²) >= 11 is 0. The van der Waals surface area contributed by atoms with Gasteiger partial charge in [-0.1, -0.05) is 39.0 Å². The van der Waals surface area contributed by atoms with Gasteiger partial charge < -0.3 is 10.6 Å². The number of anilines is 1. The van der Waals surface area contributed by atoms with Crippen molar-refractivity contribution in [2.24, 2.45) is 0 Å². The molecule has 0 bridgehead atoms. The van der Waals surface area contributed by atoms with Crippen molar-refractivity contribution < 1.29 is 9.59 Å². The number of carbonyl (C=O) groups is 2. The van der Waals surface area contributed by atoms with E-state index in [-0.39, 0.29) is 22.9 Å². The van der Waals surface area contributed by atoms with Crippen LogP contribution in [-0.4, -0.2) is 21.8 Å². The molecule has 29 heavy (non-hydrogen) atoms. The second-order valence-electron chi connectivity index (χ2n) is 7.76. The maximum atomic E-state index is 12.6. The number of hydrogen-bond donors (Lipinski definition) is 2. The molecule has 0 fully saturated rings. The average Bonchev–Trinajstić information content (AvgIpc) is 2.72. The third-order valence-corrected chi connectivity index (χ3v) is 4.44. The molecule has 0 saturated heterocycles. The van der Waals surface area contributed by atoms with Crippen LogP contribution in [0.5, 0.6) is 0 Å². The minimum atomic E-state index is -0.349. The van der Waals surface area contributed by atoms with Crippen molar-refractivity contribution in [2.75, 3.05) is 5.32 Å². The Morgan fingerprint density at radius 2 is 1.72 bits per heavy atom. The molecule has 2 heterocycles. The van der Waals surface area contributed by atoms with Crippen molar-refractivity contribution in [2.45, 2.75) is 32.7 Å². The summed E-state index contributed by atoms with van der Waals surface area (Å²) < 4.78 is 0. The molecule has 148 valence electrons. The van der Waals surface area contributed by atoms with Gasteiger partial charge in [-0.25, -0.2) is 0 Å². The summed E-state index contributed by atoms with van der Waals surface area (Å²) in [7, 11) is 0. The molecule has 0 radical (unpaired) electrons. The summed E-state index contributed by atoms with van der Waals surface area (Å²) in [6, 6.07) is 14.5. The number of pyridine rings is 2.